The number of aromatic nitrogens is 2. The number of amides is 1. The van der Waals surface area contributed by atoms with Crippen LogP contribution >= 0.6 is 0 Å². The summed E-state index contributed by atoms with van der Waals surface area (Å²) in [5.74, 6) is 1.82. The minimum Gasteiger partial charge on any atom is -0.497 e. The highest BCUT2D eigenvalue weighted by atomic mass is 16.5. The number of carbonyl (C=O) groups is 1. The summed E-state index contributed by atoms with van der Waals surface area (Å²) in [5, 5.41) is 10.5. The van der Waals surface area contributed by atoms with Gasteiger partial charge in [0.15, 0.2) is 11.5 Å². The molecule has 1 heterocycles. The van der Waals surface area contributed by atoms with Gasteiger partial charge in [-0.25, -0.2) is 0 Å². The second kappa shape index (κ2) is 9.14. The van der Waals surface area contributed by atoms with Crippen LogP contribution in [0.2, 0.25) is 0 Å². The normalized spacial score (nSPS) is 10.5. The monoisotopic (exact) mass is 395 g/mol. The van der Waals surface area contributed by atoms with Crippen molar-refractivity contribution < 1.29 is 19.0 Å². The van der Waals surface area contributed by atoms with Crippen molar-refractivity contribution in [2.75, 3.05) is 26.6 Å². The van der Waals surface area contributed by atoms with Gasteiger partial charge in [-0.15, -0.1) is 0 Å². The number of anilines is 1. The van der Waals surface area contributed by atoms with Crippen molar-refractivity contribution in [1.82, 2.24) is 10.2 Å². The third-order valence-electron chi connectivity index (χ3n) is 4.62. The molecule has 0 unspecified atom stereocenters. The molecule has 2 aromatic carbocycles. The van der Waals surface area contributed by atoms with Gasteiger partial charge in [-0.2, -0.15) is 5.10 Å². The Morgan fingerprint density at radius 2 is 1.83 bits per heavy atom. The van der Waals surface area contributed by atoms with Crippen LogP contribution in [-0.2, 0) is 17.6 Å². The molecule has 0 saturated carbocycles. The molecule has 152 valence electrons. The topological polar surface area (TPSA) is 85.5 Å². The molecule has 2 N–H and O–H groups in total. The van der Waals surface area contributed by atoms with Crippen molar-refractivity contribution in [2.24, 2.45) is 0 Å². The SMILES string of the molecule is CCc1[nH]nc(-c2ccc(OC)c(OC)c2)c1NC(=O)Cc1cccc(OC)c1. The van der Waals surface area contributed by atoms with Crippen molar-refractivity contribution in [3.05, 3.63) is 53.7 Å². The number of aromatic amines is 1. The lowest BCUT2D eigenvalue weighted by atomic mass is 10.1. The van der Waals surface area contributed by atoms with Crippen LogP contribution in [0.15, 0.2) is 42.5 Å². The lowest BCUT2D eigenvalue weighted by molar-refractivity contribution is -0.115. The lowest BCUT2D eigenvalue weighted by Crippen LogP contribution is -2.15. The Labute approximate surface area is 170 Å². The third-order valence-corrected chi connectivity index (χ3v) is 4.62. The van der Waals surface area contributed by atoms with E-state index in [1.807, 2.05) is 49.4 Å². The second-order valence-electron chi connectivity index (χ2n) is 6.43. The van der Waals surface area contributed by atoms with Gasteiger partial charge >= 0.3 is 0 Å². The molecule has 3 aromatic rings. The van der Waals surface area contributed by atoms with E-state index in [0.29, 0.717) is 29.3 Å². The van der Waals surface area contributed by atoms with Crippen LogP contribution in [0.4, 0.5) is 5.69 Å². The van der Waals surface area contributed by atoms with Crippen LogP contribution in [0.3, 0.4) is 0 Å². The van der Waals surface area contributed by atoms with Gasteiger partial charge in [-0.1, -0.05) is 19.1 Å². The molecule has 7 nitrogen and oxygen atoms in total. The van der Waals surface area contributed by atoms with Crippen LogP contribution < -0.4 is 19.5 Å². The van der Waals surface area contributed by atoms with Crippen LogP contribution in [0, 0.1) is 0 Å². The first kappa shape index (κ1) is 20.3. The predicted molar refractivity (Wildman–Crippen MR) is 112 cm³/mol. The maximum absolute atomic E-state index is 12.7. The molecule has 0 fully saturated rings. The van der Waals surface area contributed by atoms with Crippen LogP contribution in [-0.4, -0.2) is 37.4 Å². The van der Waals surface area contributed by atoms with E-state index >= 15 is 0 Å². The van der Waals surface area contributed by atoms with Crippen LogP contribution in [0.5, 0.6) is 17.2 Å². The smallest absolute Gasteiger partial charge is 0.228 e. The molecule has 0 aliphatic heterocycles. The number of hydrogen-bond donors (Lipinski definition) is 2. The molecule has 29 heavy (non-hydrogen) atoms. The van der Waals surface area contributed by atoms with Crippen molar-refractivity contribution in [3.8, 4) is 28.5 Å². The van der Waals surface area contributed by atoms with Gasteiger partial charge in [0.2, 0.25) is 5.91 Å². The van der Waals surface area contributed by atoms with E-state index in [-0.39, 0.29) is 12.3 Å². The first-order valence-corrected chi connectivity index (χ1v) is 9.32. The van der Waals surface area contributed by atoms with Crippen molar-refractivity contribution in [1.29, 1.82) is 0 Å². The number of ether oxygens (including phenoxy) is 3. The van der Waals surface area contributed by atoms with E-state index in [4.69, 9.17) is 14.2 Å². The average molecular weight is 395 g/mol. The number of rotatable bonds is 8. The van der Waals surface area contributed by atoms with Gasteiger partial charge < -0.3 is 19.5 Å². The molecule has 1 aromatic heterocycles. The molecule has 0 aliphatic carbocycles. The highest BCUT2D eigenvalue weighted by Crippen LogP contribution is 2.35. The Morgan fingerprint density at radius 1 is 1.03 bits per heavy atom. The van der Waals surface area contributed by atoms with Gasteiger partial charge in [-0.05, 0) is 42.3 Å². The highest BCUT2D eigenvalue weighted by Gasteiger charge is 2.18. The molecule has 7 heteroatoms. The largest absolute Gasteiger partial charge is 0.497 e. The fourth-order valence-corrected chi connectivity index (χ4v) is 3.11. The van der Waals surface area contributed by atoms with Crippen LogP contribution in [0.25, 0.3) is 11.3 Å². The zero-order valence-corrected chi connectivity index (χ0v) is 17.0. The molecule has 0 saturated heterocycles. The number of hydrogen-bond acceptors (Lipinski definition) is 5. The van der Waals surface area contributed by atoms with Crippen molar-refractivity contribution in [3.63, 3.8) is 0 Å². The maximum Gasteiger partial charge on any atom is 0.228 e. The number of benzene rings is 2. The van der Waals surface area contributed by atoms with Crippen LogP contribution in [0.1, 0.15) is 18.2 Å². The standard InChI is InChI=1S/C22H25N3O4/c1-5-17-22(23-20(26)12-14-7-6-8-16(11-14)27-2)21(25-24-17)15-9-10-18(28-3)19(13-15)29-4/h6-11,13H,5,12H2,1-4H3,(H,23,26)(H,24,25). The first-order valence-electron chi connectivity index (χ1n) is 9.32. The Bertz CT molecular complexity index is 997. The van der Waals surface area contributed by atoms with Crippen molar-refractivity contribution in [2.45, 2.75) is 19.8 Å². The summed E-state index contributed by atoms with van der Waals surface area (Å²) < 4.78 is 15.9. The molecule has 0 spiro atoms. The number of H-pyrrole nitrogens is 1. The number of nitrogens with zero attached hydrogens (tertiary/aromatic N) is 1. The molecule has 0 atom stereocenters. The van der Waals surface area contributed by atoms with E-state index in [1.165, 1.54) is 0 Å². The zero-order chi connectivity index (χ0) is 20.8. The lowest BCUT2D eigenvalue weighted by Gasteiger charge is -2.11. The van der Waals surface area contributed by atoms with Gasteiger partial charge in [-0.3, -0.25) is 9.89 Å². The number of carbonyl (C=O) groups excluding carboxylic acids is 1. The summed E-state index contributed by atoms with van der Waals surface area (Å²) in [7, 11) is 4.78. The average Bonchev–Trinajstić information content (AvgIpc) is 3.15. The third kappa shape index (κ3) is 4.51. The van der Waals surface area contributed by atoms with E-state index in [2.05, 4.69) is 15.5 Å². The Hall–Kier alpha value is -3.48. The zero-order valence-electron chi connectivity index (χ0n) is 17.0. The van der Waals surface area contributed by atoms with E-state index in [9.17, 15) is 4.79 Å². The minimum atomic E-state index is -0.129. The van der Waals surface area contributed by atoms with Crippen molar-refractivity contribution >= 4 is 11.6 Å². The molecule has 0 aliphatic rings. The summed E-state index contributed by atoms with van der Waals surface area (Å²) >= 11 is 0. The molecule has 1 amide bonds. The fraction of sp³-hybridized carbons (Fsp3) is 0.273. The van der Waals surface area contributed by atoms with E-state index in [0.717, 1.165) is 22.6 Å². The molecular weight excluding hydrogens is 370 g/mol. The molecular formula is C22H25N3O4. The Morgan fingerprint density at radius 3 is 2.52 bits per heavy atom. The Kier molecular flexibility index (Phi) is 6.39. The minimum absolute atomic E-state index is 0.129. The summed E-state index contributed by atoms with van der Waals surface area (Å²) in [5.41, 5.74) is 3.87. The molecule has 0 radical (unpaired) electrons. The summed E-state index contributed by atoms with van der Waals surface area (Å²) in [6.45, 7) is 2.00. The quantitative estimate of drug-likeness (QED) is 0.605. The number of nitrogens with one attached hydrogen (secondary N) is 2. The fourth-order valence-electron chi connectivity index (χ4n) is 3.11. The summed E-state index contributed by atoms with van der Waals surface area (Å²) in [6, 6.07) is 13.0. The molecule has 3 rings (SSSR count). The highest BCUT2D eigenvalue weighted by molar-refractivity contribution is 5.96. The summed E-state index contributed by atoms with van der Waals surface area (Å²) in [4.78, 5) is 12.7. The second-order valence-corrected chi connectivity index (χ2v) is 6.43. The van der Waals surface area contributed by atoms with E-state index < -0.39 is 0 Å². The van der Waals surface area contributed by atoms with Gasteiger partial charge in [0.1, 0.15) is 11.4 Å². The predicted octanol–water partition coefficient (Wildman–Crippen LogP) is 3.85. The molecule has 0 bridgehead atoms. The van der Waals surface area contributed by atoms with Gasteiger partial charge in [0.05, 0.1) is 39.1 Å². The Balaban J connectivity index is 1.87. The summed E-state index contributed by atoms with van der Waals surface area (Å²) in [6.07, 6.45) is 0.936. The first-order chi connectivity index (χ1) is 14.1. The van der Waals surface area contributed by atoms with E-state index in [1.54, 1.807) is 21.3 Å². The maximum atomic E-state index is 12.7. The number of aryl methyl sites for hydroxylation is 1. The number of methoxy groups -OCH3 is 3. The van der Waals surface area contributed by atoms with Gasteiger partial charge in [0.25, 0.3) is 0 Å². The van der Waals surface area contributed by atoms with Gasteiger partial charge in [0, 0.05) is 5.56 Å².